The average Bonchev–Trinajstić information content (AvgIpc) is 2.79. The Labute approximate surface area is 110 Å². The van der Waals surface area contributed by atoms with Crippen molar-refractivity contribution < 1.29 is 13.5 Å². The van der Waals surface area contributed by atoms with Gasteiger partial charge in [0.25, 0.3) is 10.2 Å². The first-order valence-electron chi connectivity index (χ1n) is 6.88. The third-order valence-corrected chi connectivity index (χ3v) is 6.35. The van der Waals surface area contributed by atoms with E-state index in [-0.39, 0.29) is 12.0 Å². The number of aliphatic hydroxyl groups is 1. The molecule has 2 fully saturated rings. The van der Waals surface area contributed by atoms with Crippen LogP contribution in [-0.4, -0.2) is 53.9 Å². The van der Waals surface area contributed by atoms with E-state index in [1.54, 1.807) is 15.5 Å². The van der Waals surface area contributed by atoms with Crippen molar-refractivity contribution >= 4 is 10.2 Å². The van der Waals surface area contributed by atoms with Gasteiger partial charge in [-0.15, -0.1) is 0 Å². The van der Waals surface area contributed by atoms with Gasteiger partial charge in [0.2, 0.25) is 0 Å². The highest BCUT2D eigenvalue weighted by molar-refractivity contribution is 7.86. The minimum Gasteiger partial charge on any atom is -0.393 e. The Hall–Kier alpha value is -0.170. The van der Waals surface area contributed by atoms with E-state index in [1.165, 1.54) is 0 Å². The molecule has 0 bridgehead atoms. The lowest BCUT2D eigenvalue weighted by atomic mass is 10.0. The summed E-state index contributed by atoms with van der Waals surface area (Å²) in [7, 11) is -3.32. The Morgan fingerprint density at radius 2 is 1.94 bits per heavy atom. The van der Waals surface area contributed by atoms with Gasteiger partial charge in [-0.25, -0.2) is 0 Å². The van der Waals surface area contributed by atoms with Crippen molar-refractivity contribution in [1.82, 2.24) is 8.61 Å². The van der Waals surface area contributed by atoms with Crippen molar-refractivity contribution in [2.45, 2.75) is 51.7 Å². The van der Waals surface area contributed by atoms with Crippen LogP contribution in [0, 0.1) is 5.92 Å². The Morgan fingerprint density at radius 3 is 2.50 bits per heavy atom. The van der Waals surface area contributed by atoms with E-state index in [9.17, 15) is 13.5 Å². The summed E-state index contributed by atoms with van der Waals surface area (Å²) in [6.45, 7) is 5.37. The first-order valence-corrected chi connectivity index (χ1v) is 8.27. The number of rotatable bonds is 3. The zero-order valence-corrected chi connectivity index (χ0v) is 12.1. The molecule has 2 aliphatic rings. The van der Waals surface area contributed by atoms with Gasteiger partial charge in [-0.3, -0.25) is 0 Å². The first kappa shape index (κ1) is 14.2. The maximum atomic E-state index is 12.5. The number of hydrogen-bond donors (Lipinski definition) is 1. The van der Waals surface area contributed by atoms with E-state index in [1.807, 2.05) is 6.92 Å². The lowest BCUT2D eigenvalue weighted by molar-refractivity contribution is 0.132. The normalized spacial score (nSPS) is 33.7. The van der Waals surface area contributed by atoms with E-state index >= 15 is 0 Å². The van der Waals surface area contributed by atoms with Crippen LogP contribution in [-0.2, 0) is 10.2 Å². The summed E-state index contributed by atoms with van der Waals surface area (Å²) < 4.78 is 28.3. The molecule has 1 N–H and O–H groups in total. The predicted octanol–water partition coefficient (Wildman–Crippen LogP) is 0.808. The van der Waals surface area contributed by atoms with Crippen molar-refractivity contribution in [3.63, 3.8) is 0 Å². The van der Waals surface area contributed by atoms with Crippen LogP contribution in [0.2, 0.25) is 0 Å². The van der Waals surface area contributed by atoms with Crippen LogP contribution in [0.4, 0.5) is 0 Å². The molecule has 2 rings (SSSR count). The molecule has 2 aliphatic heterocycles. The third kappa shape index (κ3) is 2.71. The Kier molecular flexibility index (Phi) is 4.31. The van der Waals surface area contributed by atoms with Crippen LogP contribution in [0.15, 0.2) is 0 Å². The lowest BCUT2D eigenvalue weighted by Crippen LogP contribution is -2.49. The summed E-state index contributed by atoms with van der Waals surface area (Å²) in [5.74, 6) is 0.0832. The molecule has 0 radical (unpaired) electrons. The van der Waals surface area contributed by atoms with E-state index < -0.39 is 16.3 Å². The zero-order chi connectivity index (χ0) is 13.3. The first-order chi connectivity index (χ1) is 8.43. The topological polar surface area (TPSA) is 60.9 Å². The molecule has 3 unspecified atom stereocenters. The molecule has 0 amide bonds. The number of aliphatic hydroxyl groups excluding tert-OH is 1. The van der Waals surface area contributed by atoms with E-state index in [0.29, 0.717) is 19.6 Å². The van der Waals surface area contributed by atoms with E-state index in [0.717, 1.165) is 25.7 Å². The van der Waals surface area contributed by atoms with Gasteiger partial charge >= 0.3 is 0 Å². The SMILES string of the molecule is CC(O)C1CCN(S(=O)(=O)N2CCCCC2C)C1. The molecule has 0 spiro atoms. The molecule has 2 heterocycles. The van der Waals surface area contributed by atoms with Crippen molar-refractivity contribution in [2.24, 2.45) is 5.92 Å². The average molecular weight is 276 g/mol. The third-order valence-electron chi connectivity index (χ3n) is 4.23. The van der Waals surface area contributed by atoms with Crippen molar-refractivity contribution in [2.75, 3.05) is 19.6 Å². The summed E-state index contributed by atoms with van der Waals surface area (Å²) in [6, 6.07) is 0.106. The molecule has 0 aromatic rings. The second-order valence-corrected chi connectivity index (χ2v) is 7.49. The number of hydrogen-bond acceptors (Lipinski definition) is 3. The molecule has 3 atom stereocenters. The maximum absolute atomic E-state index is 12.5. The minimum absolute atomic E-state index is 0.0832. The molecule has 0 aliphatic carbocycles. The molecule has 2 saturated heterocycles. The monoisotopic (exact) mass is 276 g/mol. The summed E-state index contributed by atoms with van der Waals surface area (Å²) in [5.41, 5.74) is 0. The van der Waals surface area contributed by atoms with Crippen LogP contribution in [0.1, 0.15) is 39.5 Å². The molecule has 0 saturated carbocycles. The molecule has 0 aromatic heterocycles. The maximum Gasteiger partial charge on any atom is 0.282 e. The van der Waals surface area contributed by atoms with Crippen LogP contribution in [0.3, 0.4) is 0 Å². The predicted molar refractivity (Wildman–Crippen MR) is 70.3 cm³/mol. The molecular formula is C12H24N2O3S. The molecule has 6 heteroatoms. The summed E-state index contributed by atoms with van der Waals surface area (Å²) >= 11 is 0. The van der Waals surface area contributed by atoms with E-state index in [4.69, 9.17) is 0 Å². The lowest BCUT2D eigenvalue weighted by Gasteiger charge is -2.35. The molecule has 0 aromatic carbocycles. The fourth-order valence-corrected chi connectivity index (χ4v) is 4.85. The zero-order valence-electron chi connectivity index (χ0n) is 11.2. The van der Waals surface area contributed by atoms with E-state index in [2.05, 4.69) is 0 Å². The quantitative estimate of drug-likeness (QED) is 0.830. The summed E-state index contributed by atoms with van der Waals surface area (Å²) in [4.78, 5) is 0. The van der Waals surface area contributed by atoms with Crippen LogP contribution >= 0.6 is 0 Å². The molecule has 18 heavy (non-hydrogen) atoms. The molecule has 5 nitrogen and oxygen atoms in total. The Bertz CT molecular complexity index is 383. The molecule has 106 valence electrons. The van der Waals surface area contributed by atoms with Crippen LogP contribution in [0.25, 0.3) is 0 Å². The number of nitrogens with zero attached hydrogens (tertiary/aromatic N) is 2. The van der Waals surface area contributed by atoms with Gasteiger partial charge in [-0.1, -0.05) is 6.42 Å². The van der Waals surface area contributed by atoms with Crippen molar-refractivity contribution in [3.8, 4) is 0 Å². The van der Waals surface area contributed by atoms with Gasteiger partial charge in [0.1, 0.15) is 0 Å². The van der Waals surface area contributed by atoms with Crippen molar-refractivity contribution in [3.05, 3.63) is 0 Å². The largest absolute Gasteiger partial charge is 0.393 e. The fraction of sp³-hybridized carbons (Fsp3) is 1.00. The van der Waals surface area contributed by atoms with Gasteiger partial charge in [0, 0.05) is 25.7 Å². The second-order valence-electron chi connectivity index (χ2n) is 5.61. The highest BCUT2D eigenvalue weighted by Crippen LogP contribution is 2.27. The van der Waals surface area contributed by atoms with Crippen LogP contribution in [0.5, 0.6) is 0 Å². The van der Waals surface area contributed by atoms with Gasteiger partial charge in [0.15, 0.2) is 0 Å². The standard InChI is InChI=1S/C12H24N2O3S/c1-10-5-3-4-7-14(10)18(16,17)13-8-6-12(9-13)11(2)15/h10-12,15H,3-9H2,1-2H3. The fourth-order valence-electron chi connectivity index (χ4n) is 2.92. The summed E-state index contributed by atoms with van der Waals surface area (Å²) in [6.07, 6.45) is 3.36. The van der Waals surface area contributed by atoms with Gasteiger partial charge in [-0.2, -0.15) is 17.0 Å². The van der Waals surface area contributed by atoms with Gasteiger partial charge in [0.05, 0.1) is 6.10 Å². The Morgan fingerprint density at radius 1 is 1.22 bits per heavy atom. The Balaban J connectivity index is 2.07. The smallest absolute Gasteiger partial charge is 0.282 e. The highest BCUT2D eigenvalue weighted by Gasteiger charge is 2.39. The van der Waals surface area contributed by atoms with Gasteiger partial charge < -0.3 is 5.11 Å². The van der Waals surface area contributed by atoms with Crippen molar-refractivity contribution in [1.29, 1.82) is 0 Å². The highest BCUT2D eigenvalue weighted by atomic mass is 32.2. The number of piperidine rings is 1. The van der Waals surface area contributed by atoms with Crippen LogP contribution < -0.4 is 0 Å². The second kappa shape index (κ2) is 5.45. The van der Waals surface area contributed by atoms with Gasteiger partial charge in [-0.05, 0) is 39.0 Å². The molecular weight excluding hydrogens is 252 g/mol. The summed E-state index contributed by atoms with van der Waals surface area (Å²) in [5, 5.41) is 9.56. The minimum atomic E-state index is -3.32.